The fraction of sp³-hybridized carbons (Fsp3) is 0.718. The van der Waals surface area contributed by atoms with E-state index < -0.39 is 26.5 Å². The number of rotatable bonds is 62. The molecule has 0 aliphatic heterocycles. The van der Waals surface area contributed by atoms with Crippen LogP contribution in [0.5, 0.6) is 0 Å². The second-order valence-corrected chi connectivity index (χ2v) is 23.4. The Kier molecular flexibility index (Phi) is 63.1. The Labute approximate surface area is 499 Å². The number of allylic oxidation sites excluding steroid dienone is 18. The fourth-order valence-electron chi connectivity index (χ4n) is 9.28. The van der Waals surface area contributed by atoms with Gasteiger partial charge in [0.2, 0.25) is 0 Å². The normalized spacial score (nSPS) is 13.7. The van der Waals surface area contributed by atoms with E-state index in [9.17, 15) is 19.0 Å². The van der Waals surface area contributed by atoms with Gasteiger partial charge in [-0.25, -0.2) is 4.57 Å². The van der Waals surface area contributed by atoms with Gasteiger partial charge in [0.15, 0.2) is 6.10 Å². The molecular weight excluding hydrogens is 1030 g/mol. The van der Waals surface area contributed by atoms with Gasteiger partial charge in [0.05, 0.1) is 13.2 Å². The van der Waals surface area contributed by atoms with Gasteiger partial charge < -0.3 is 20.1 Å². The molecule has 0 aromatic rings. The number of carbonyl (C=O) groups excluding carboxylic acids is 2. The molecule has 10 heteroatoms. The molecule has 0 amide bonds. The maximum absolute atomic E-state index is 12.7. The van der Waals surface area contributed by atoms with Crippen LogP contribution in [-0.4, -0.2) is 49.3 Å². The summed E-state index contributed by atoms with van der Waals surface area (Å²) in [7, 11) is -4.41. The number of unbranched alkanes of at least 4 members (excludes halogenated alkanes) is 31. The summed E-state index contributed by atoms with van der Waals surface area (Å²) < 4.78 is 33.1. The van der Waals surface area contributed by atoms with Crippen molar-refractivity contribution < 1.29 is 37.6 Å². The van der Waals surface area contributed by atoms with Gasteiger partial charge in [-0.1, -0.05) is 309 Å². The number of hydrogen-bond donors (Lipinski definition) is 2. The summed E-state index contributed by atoms with van der Waals surface area (Å²) in [6.45, 7) is 3.62. The predicted molar refractivity (Wildman–Crippen MR) is 348 cm³/mol. The second-order valence-electron chi connectivity index (χ2n) is 22.0. The Morgan fingerprint density at radius 3 is 1.01 bits per heavy atom. The molecule has 2 unspecified atom stereocenters. The van der Waals surface area contributed by atoms with E-state index in [1.54, 1.807) is 0 Å². The number of esters is 2. The monoisotopic (exact) mass is 1150 g/mol. The first-order chi connectivity index (χ1) is 39.8. The van der Waals surface area contributed by atoms with Crippen LogP contribution >= 0.6 is 7.82 Å². The van der Waals surface area contributed by atoms with E-state index in [2.05, 4.69) is 123 Å². The van der Waals surface area contributed by atoms with E-state index in [-0.39, 0.29) is 38.6 Å². The van der Waals surface area contributed by atoms with E-state index in [1.165, 1.54) is 167 Å². The Balaban J connectivity index is 3.99. The van der Waals surface area contributed by atoms with Crippen molar-refractivity contribution in [2.24, 2.45) is 5.73 Å². The maximum atomic E-state index is 12.7. The van der Waals surface area contributed by atoms with Crippen LogP contribution in [0.1, 0.15) is 296 Å². The van der Waals surface area contributed by atoms with Crippen molar-refractivity contribution in [3.05, 3.63) is 109 Å². The number of phosphoric acid groups is 1. The number of ether oxygens (including phenoxy) is 2. The lowest BCUT2D eigenvalue weighted by Crippen LogP contribution is -2.29. The molecule has 0 heterocycles. The van der Waals surface area contributed by atoms with Crippen molar-refractivity contribution in [1.29, 1.82) is 0 Å². The van der Waals surface area contributed by atoms with Crippen LogP contribution in [0.4, 0.5) is 0 Å². The predicted octanol–water partition coefficient (Wildman–Crippen LogP) is 21.7. The van der Waals surface area contributed by atoms with Crippen molar-refractivity contribution >= 4 is 19.8 Å². The first kappa shape index (κ1) is 77.7. The molecule has 81 heavy (non-hydrogen) atoms. The Morgan fingerprint density at radius 1 is 0.383 bits per heavy atom. The van der Waals surface area contributed by atoms with Crippen LogP contribution < -0.4 is 5.73 Å². The van der Waals surface area contributed by atoms with Gasteiger partial charge in [-0.15, -0.1) is 0 Å². The molecule has 0 rings (SSSR count). The average Bonchev–Trinajstić information content (AvgIpc) is 3.46. The molecule has 0 bridgehead atoms. The summed E-state index contributed by atoms with van der Waals surface area (Å²) >= 11 is 0. The topological polar surface area (TPSA) is 134 Å². The fourth-order valence-corrected chi connectivity index (χ4v) is 10.0. The van der Waals surface area contributed by atoms with Gasteiger partial charge in [-0.2, -0.15) is 0 Å². The zero-order chi connectivity index (χ0) is 58.7. The van der Waals surface area contributed by atoms with Crippen molar-refractivity contribution in [3.8, 4) is 0 Å². The molecule has 9 nitrogen and oxygen atoms in total. The Bertz CT molecular complexity index is 1690. The molecule has 0 aliphatic carbocycles. The lowest BCUT2D eigenvalue weighted by atomic mass is 10.0. The van der Waals surface area contributed by atoms with E-state index in [1.807, 2.05) is 0 Å². The lowest BCUT2D eigenvalue weighted by molar-refractivity contribution is -0.161. The highest BCUT2D eigenvalue weighted by Gasteiger charge is 2.26. The van der Waals surface area contributed by atoms with Crippen molar-refractivity contribution in [2.45, 2.75) is 302 Å². The second kappa shape index (κ2) is 65.8. The SMILES string of the molecule is CC/C=C\C/C=C\C/C=C\C/C=C\C/C=C\C/C=C\C/C=C\C/C=C\C/C=C\CCCCCC(=O)OC(COC(=O)CCCCCCCCCCCCCCCCCCCCCCCCCCCCCCC)COP(=O)(O)OCCN. The molecule has 0 fully saturated rings. The minimum Gasteiger partial charge on any atom is -0.462 e. The van der Waals surface area contributed by atoms with Gasteiger partial charge in [-0.3, -0.25) is 18.6 Å². The van der Waals surface area contributed by atoms with Gasteiger partial charge >= 0.3 is 19.8 Å². The first-order valence-electron chi connectivity index (χ1n) is 33.4. The zero-order valence-electron chi connectivity index (χ0n) is 52.2. The van der Waals surface area contributed by atoms with Gasteiger partial charge in [0.25, 0.3) is 0 Å². The Morgan fingerprint density at radius 2 is 0.679 bits per heavy atom. The highest BCUT2D eigenvalue weighted by atomic mass is 31.2. The number of carbonyl (C=O) groups is 2. The summed E-state index contributed by atoms with van der Waals surface area (Å²) in [5, 5.41) is 0. The van der Waals surface area contributed by atoms with Crippen molar-refractivity contribution in [2.75, 3.05) is 26.4 Å². The molecule has 2 atom stereocenters. The van der Waals surface area contributed by atoms with Crippen LogP contribution in [0.25, 0.3) is 0 Å². The summed E-state index contributed by atoms with van der Waals surface area (Å²) in [6.07, 6.45) is 90.3. The summed E-state index contributed by atoms with van der Waals surface area (Å²) in [6, 6.07) is 0. The average molecular weight is 1150 g/mol. The molecule has 0 saturated carbocycles. The molecule has 0 spiro atoms. The van der Waals surface area contributed by atoms with E-state index in [0.29, 0.717) is 6.42 Å². The molecule has 466 valence electrons. The molecule has 0 aromatic carbocycles. The molecule has 0 radical (unpaired) electrons. The molecule has 3 N–H and O–H groups in total. The van der Waals surface area contributed by atoms with Crippen molar-refractivity contribution in [3.63, 3.8) is 0 Å². The maximum Gasteiger partial charge on any atom is 0.472 e. The van der Waals surface area contributed by atoms with Crippen LogP contribution in [0.15, 0.2) is 109 Å². The third kappa shape index (κ3) is 65.7. The lowest BCUT2D eigenvalue weighted by Gasteiger charge is -2.19. The first-order valence-corrected chi connectivity index (χ1v) is 34.9. The van der Waals surface area contributed by atoms with Crippen LogP contribution in [0.3, 0.4) is 0 Å². The minimum atomic E-state index is -4.41. The van der Waals surface area contributed by atoms with Crippen LogP contribution in [0.2, 0.25) is 0 Å². The quantitative estimate of drug-likeness (QED) is 0.0264. The highest BCUT2D eigenvalue weighted by molar-refractivity contribution is 7.47. The van der Waals surface area contributed by atoms with E-state index in [0.717, 1.165) is 96.3 Å². The summed E-state index contributed by atoms with van der Waals surface area (Å²) in [4.78, 5) is 35.3. The van der Waals surface area contributed by atoms with Gasteiger partial charge in [0.1, 0.15) is 6.61 Å². The summed E-state index contributed by atoms with van der Waals surface area (Å²) in [5.41, 5.74) is 5.39. The Hall–Kier alpha value is -3.33. The van der Waals surface area contributed by atoms with Gasteiger partial charge in [0, 0.05) is 19.4 Å². The largest absolute Gasteiger partial charge is 0.472 e. The molecule has 0 saturated heterocycles. The third-order valence-corrected chi connectivity index (χ3v) is 15.2. The molecule has 0 aromatic heterocycles. The van der Waals surface area contributed by atoms with Gasteiger partial charge in [-0.05, 0) is 83.5 Å². The van der Waals surface area contributed by atoms with E-state index in [4.69, 9.17) is 24.3 Å². The number of nitrogens with two attached hydrogens (primary N) is 1. The summed E-state index contributed by atoms with van der Waals surface area (Å²) in [5.74, 6) is -0.862. The smallest absolute Gasteiger partial charge is 0.462 e. The standard InChI is InChI=1S/C71H124NO8P/c1-3-5-7-9-11-13-15-17-19-21-23-25-27-29-31-33-34-36-38-40-42-44-46-48-50-52-54-56-58-60-62-64-71(74)80-69(68-79-81(75,76)78-66-65-72)67-77-70(73)63-61-59-57-55-53-51-49-47-45-43-41-39-37-35-32-30-28-26-24-22-20-18-16-14-12-10-8-6-4-2/h5,7,11,13,17,19,23,25,29,31,34,36,40,42,46,48,52,54,69H,3-4,6,8-10,12,14-16,18,20-22,24,26-28,30,32-33,35,37-39,41,43-45,47,49-51,53,55-68,72H2,1-2H3,(H,75,76)/b7-5-,13-11-,19-17-,25-23-,31-29-,36-34-,42-40-,48-46-,54-52-. The third-order valence-electron chi connectivity index (χ3n) is 14.2. The molecule has 0 aliphatic rings. The highest BCUT2D eigenvalue weighted by Crippen LogP contribution is 2.43. The van der Waals surface area contributed by atoms with E-state index >= 15 is 0 Å². The number of hydrogen-bond acceptors (Lipinski definition) is 8. The van der Waals surface area contributed by atoms with Crippen molar-refractivity contribution in [1.82, 2.24) is 0 Å². The minimum absolute atomic E-state index is 0.0433. The van der Waals surface area contributed by atoms with Crippen LogP contribution in [0, 0.1) is 0 Å². The van der Waals surface area contributed by atoms with Crippen LogP contribution in [-0.2, 0) is 32.7 Å². The number of phosphoric ester groups is 1. The zero-order valence-corrected chi connectivity index (χ0v) is 53.1. The molecular formula is C71H124NO8P.